The average molecular weight is 313 g/mol. The minimum atomic E-state index is -0.252. The third-order valence-corrected chi connectivity index (χ3v) is 4.91. The van der Waals surface area contributed by atoms with Gasteiger partial charge in [0.25, 0.3) is 0 Å². The zero-order chi connectivity index (χ0) is 13.2. The first kappa shape index (κ1) is 12.8. The predicted molar refractivity (Wildman–Crippen MR) is 81.1 cm³/mol. The molecular formula is C13H10ClFN2S2. The van der Waals surface area contributed by atoms with Crippen molar-refractivity contribution in [3.63, 3.8) is 0 Å². The second-order valence-electron chi connectivity index (χ2n) is 4.01. The highest BCUT2D eigenvalue weighted by atomic mass is 35.5. The Balaban J connectivity index is 1.65. The summed E-state index contributed by atoms with van der Waals surface area (Å²) in [5.41, 5.74) is 0.701. The molecule has 0 saturated heterocycles. The molecule has 3 rings (SSSR count). The lowest BCUT2D eigenvalue weighted by Gasteiger charge is -1.99. The summed E-state index contributed by atoms with van der Waals surface area (Å²) in [4.78, 5) is 5.60. The third kappa shape index (κ3) is 3.05. The van der Waals surface area contributed by atoms with E-state index in [4.69, 9.17) is 11.6 Å². The molecule has 2 nitrogen and oxygen atoms in total. The van der Waals surface area contributed by atoms with E-state index in [9.17, 15) is 4.39 Å². The fourth-order valence-electron chi connectivity index (χ4n) is 1.75. The van der Waals surface area contributed by atoms with Crippen molar-refractivity contribution in [2.75, 3.05) is 11.9 Å². The van der Waals surface area contributed by atoms with E-state index in [1.165, 1.54) is 28.3 Å². The average Bonchev–Trinajstić information content (AvgIpc) is 2.95. The van der Waals surface area contributed by atoms with Crippen LogP contribution in [0.15, 0.2) is 30.3 Å². The number of benzene rings is 1. The number of hydrogen-bond acceptors (Lipinski definition) is 4. The molecule has 0 aliphatic heterocycles. The normalized spacial score (nSPS) is 11.1. The molecule has 2 heterocycles. The van der Waals surface area contributed by atoms with E-state index in [1.807, 2.05) is 12.1 Å². The number of thiazole rings is 1. The minimum Gasteiger partial charge on any atom is -0.361 e. The monoisotopic (exact) mass is 312 g/mol. The Labute approximate surface area is 122 Å². The van der Waals surface area contributed by atoms with E-state index in [0.29, 0.717) is 5.52 Å². The van der Waals surface area contributed by atoms with Crippen molar-refractivity contribution >= 4 is 49.6 Å². The van der Waals surface area contributed by atoms with E-state index >= 15 is 0 Å². The highest BCUT2D eigenvalue weighted by Gasteiger charge is 2.04. The van der Waals surface area contributed by atoms with Gasteiger partial charge in [-0.15, -0.1) is 11.3 Å². The van der Waals surface area contributed by atoms with Crippen LogP contribution in [0, 0.1) is 5.82 Å². The molecule has 0 atom stereocenters. The summed E-state index contributed by atoms with van der Waals surface area (Å²) >= 11 is 9.00. The molecule has 2 aromatic heterocycles. The van der Waals surface area contributed by atoms with Gasteiger partial charge in [0.05, 0.1) is 14.6 Å². The summed E-state index contributed by atoms with van der Waals surface area (Å²) in [5.74, 6) is -0.252. The Kier molecular flexibility index (Phi) is 3.68. The lowest BCUT2D eigenvalue weighted by molar-refractivity contribution is 0.629. The maximum Gasteiger partial charge on any atom is 0.183 e. The quantitative estimate of drug-likeness (QED) is 0.748. The summed E-state index contributed by atoms with van der Waals surface area (Å²) in [6, 6.07) is 8.60. The van der Waals surface area contributed by atoms with E-state index in [0.717, 1.165) is 27.1 Å². The van der Waals surface area contributed by atoms with Gasteiger partial charge in [0.2, 0.25) is 0 Å². The van der Waals surface area contributed by atoms with Crippen molar-refractivity contribution in [1.29, 1.82) is 0 Å². The number of anilines is 1. The second-order valence-corrected chi connectivity index (χ2v) is 6.84. The number of aromatic nitrogens is 1. The number of fused-ring (bicyclic) bond motifs is 1. The highest BCUT2D eigenvalue weighted by Crippen LogP contribution is 2.26. The van der Waals surface area contributed by atoms with Crippen LogP contribution in [0.25, 0.3) is 10.2 Å². The predicted octanol–water partition coefficient (Wildman–Crippen LogP) is 4.80. The molecule has 1 aromatic carbocycles. The largest absolute Gasteiger partial charge is 0.361 e. The Morgan fingerprint density at radius 2 is 2.11 bits per heavy atom. The van der Waals surface area contributed by atoms with Gasteiger partial charge in [-0.1, -0.05) is 22.9 Å². The van der Waals surface area contributed by atoms with Gasteiger partial charge in [-0.3, -0.25) is 0 Å². The lowest BCUT2D eigenvalue weighted by Crippen LogP contribution is -2.03. The van der Waals surface area contributed by atoms with Crippen molar-refractivity contribution in [2.24, 2.45) is 0 Å². The summed E-state index contributed by atoms with van der Waals surface area (Å²) in [5, 5.41) is 4.08. The molecule has 0 spiro atoms. The van der Waals surface area contributed by atoms with Crippen molar-refractivity contribution < 1.29 is 4.39 Å². The molecule has 1 N–H and O–H groups in total. The molecule has 0 unspecified atom stereocenters. The minimum absolute atomic E-state index is 0.252. The molecular weight excluding hydrogens is 303 g/mol. The summed E-state index contributed by atoms with van der Waals surface area (Å²) in [7, 11) is 0. The number of nitrogens with zero attached hydrogens (tertiary/aromatic N) is 1. The fraction of sp³-hybridized carbons (Fsp3) is 0.154. The van der Waals surface area contributed by atoms with Crippen molar-refractivity contribution in [1.82, 2.24) is 4.98 Å². The van der Waals surface area contributed by atoms with Crippen LogP contribution in [0.5, 0.6) is 0 Å². The Morgan fingerprint density at radius 1 is 1.21 bits per heavy atom. The number of halogens is 2. The van der Waals surface area contributed by atoms with Crippen LogP contribution >= 0.6 is 34.3 Å². The molecule has 98 valence electrons. The standard InChI is InChI=1S/C13H10ClFN2S2/c14-12-4-2-9(18-12)5-6-16-13-17-10-7-8(15)1-3-11(10)19-13/h1-4,7H,5-6H2,(H,16,17). The SMILES string of the molecule is Fc1ccc2sc(NCCc3ccc(Cl)s3)nc2c1. The topological polar surface area (TPSA) is 24.9 Å². The van der Waals surface area contributed by atoms with Crippen molar-refractivity contribution in [2.45, 2.75) is 6.42 Å². The van der Waals surface area contributed by atoms with Crippen molar-refractivity contribution in [3.05, 3.63) is 45.4 Å². The van der Waals surface area contributed by atoms with Gasteiger partial charge in [-0.2, -0.15) is 0 Å². The molecule has 6 heteroatoms. The number of hydrogen-bond donors (Lipinski definition) is 1. The molecule has 0 saturated carbocycles. The van der Waals surface area contributed by atoms with E-state index in [-0.39, 0.29) is 5.82 Å². The molecule has 0 fully saturated rings. The zero-order valence-corrected chi connectivity index (χ0v) is 12.2. The van der Waals surface area contributed by atoms with Crippen LogP contribution in [0.1, 0.15) is 4.88 Å². The van der Waals surface area contributed by atoms with Crippen LogP contribution in [-0.2, 0) is 6.42 Å². The lowest BCUT2D eigenvalue weighted by atomic mass is 10.3. The number of rotatable bonds is 4. The van der Waals surface area contributed by atoms with Gasteiger partial charge in [0.15, 0.2) is 5.13 Å². The van der Waals surface area contributed by atoms with Crippen LogP contribution in [0.3, 0.4) is 0 Å². The number of thiophene rings is 1. The molecule has 0 amide bonds. The van der Waals surface area contributed by atoms with Crippen molar-refractivity contribution in [3.8, 4) is 0 Å². The third-order valence-electron chi connectivity index (χ3n) is 2.63. The van der Waals surface area contributed by atoms with Crippen LogP contribution in [-0.4, -0.2) is 11.5 Å². The zero-order valence-electron chi connectivity index (χ0n) is 9.82. The molecule has 3 aromatic rings. The summed E-state index contributed by atoms with van der Waals surface area (Å²) in [6.45, 7) is 0.791. The maximum absolute atomic E-state index is 13.1. The van der Waals surface area contributed by atoms with Gasteiger partial charge in [-0.05, 0) is 30.7 Å². The van der Waals surface area contributed by atoms with Gasteiger partial charge in [-0.25, -0.2) is 9.37 Å². The molecule has 0 bridgehead atoms. The van der Waals surface area contributed by atoms with E-state index < -0.39 is 0 Å². The maximum atomic E-state index is 13.1. The molecule has 19 heavy (non-hydrogen) atoms. The molecule has 0 aliphatic rings. The Hall–Kier alpha value is -1.17. The van der Waals surface area contributed by atoms with Crippen LogP contribution < -0.4 is 5.32 Å². The Morgan fingerprint density at radius 3 is 2.89 bits per heavy atom. The highest BCUT2D eigenvalue weighted by molar-refractivity contribution is 7.22. The van der Waals surface area contributed by atoms with Gasteiger partial charge in [0, 0.05) is 17.5 Å². The number of nitrogens with one attached hydrogen (secondary N) is 1. The van der Waals surface area contributed by atoms with Gasteiger partial charge < -0.3 is 5.32 Å². The van der Waals surface area contributed by atoms with E-state index in [2.05, 4.69) is 10.3 Å². The molecule has 0 aliphatic carbocycles. The van der Waals surface area contributed by atoms with Crippen LogP contribution in [0.2, 0.25) is 4.34 Å². The van der Waals surface area contributed by atoms with Gasteiger partial charge >= 0.3 is 0 Å². The van der Waals surface area contributed by atoms with E-state index in [1.54, 1.807) is 17.4 Å². The fourth-order valence-corrected chi connectivity index (χ4v) is 3.71. The first-order valence-electron chi connectivity index (χ1n) is 5.75. The summed E-state index contributed by atoms with van der Waals surface area (Å²) in [6.07, 6.45) is 0.904. The van der Waals surface area contributed by atoms with Gasteiger partial charge in [0.1, 0.15) is 5.82 Å². The molecule has 0 radical (unpaired) electrons. The first-order chi connectivity index (χ1) is 9.20. The smallest absolute Gasteiger partial charge is 0.183 e. The Bertz CT molecular complexity index is 708. The second kappa shape index (κ2) is 5.45. The first-order valence-corrected chi connectivity index (χ1v) is 7.76. The summed E-state index contributed by atoms with van der Waals surface area (Å²) < 4.78 is 14.9. The van der Waals surface area contributed by atoms with Crippen LogP contribution in [0.4, 0.5) is 9.52 Å².